The molecule has 0 aliphatic heterocycles. The van der Waals surface area contributed by atoms with Crippen molar-refractivity contribution in [3.63, 3.8) is 0 Å². The van der Waals surface area contributed by atoms with Gasteiger partial charge in [0.15, 0.2) is 5.78 Å². The van der Waals surface area contributed by atoms with Crippen LogP contribution in [0.5, 0.6) is 0 Å². The van der Waals surface area contributed by atoms with E-state index in [-0.39, 0.29) is 11.5 Å². The molecule has 0 spiro atoms. The van der Waals surface area contributed by atoms with Crippen molar-refractivity contribution in [2.24, 2.45) is 5.73 Å². The number of rotatable bonds is 5. The first-order chi connectivity index (χ1) is 5.83. The number of Topliss-reactive ketones (excluding diaryl/α,β-unsaturated/α-hetero) is 1. The third-order valence-electron chi connectivity index (χ3n) is 2.26. The highest BCUT2D eigenvalue weighted by Crippen LogP contribution is 2.34. The molecule has 1 aliphatic rings. The quantitative estimate of drug-likeness (QED) is 0.678. The highest BCUT2D eigenvalue weighted by atomic mass is 32.2. The van der Waals surface area contributed by atoms with Gasteiger partial charge in [-0.1, -0.05) is 0 Å². The molecule has 1 rings (SSSR count). The fraction of sp³-hybridized carbons (Fsp3) is 0.875. The van der Waals surface area contributed by atoms with Gasteiger partial charge in [0.25, 0.3) is 0 Å². The van der Waals surface area contributed by atoms with Crippen LogP contribution in [-0.2, 0) is 14.6 Å². The Morgan fingerprint density at radius 1 is 1.46 bits per heavy atom. The third-order valence-corrected chi connectivity index (χ3v) is 3.29. The van der Waals surface area contributed by atoms with Crippen LogP contribution in [0.3, 0.4) is 0 Å². The number of hydrogen-bond donors (Lipinski definition) is 1. The average molecular weight is 205 g/mol. The molecule has 0 amide bonds. The number of ketones is 1. The van der Waals surface area contributed by atoms with Crippen molar-refractivity contribution in [1.82, 2.24) is 0 Å². The summed E-state index contributed by atoms with van der Waals surface area (Å²) in [5.41, 5.74) is 5.04. The molecule has 0 atom stereocenters. The maximum absolute atomic E-state index is 11.3. The summed E-state index contributed by atoms with van der Waals surface area (Å²) < 4.78 is 21.5. The van der Waals surface area contributed by atoms with Crippen LogP contribution in [0.2, 0.25) is 0 Å². The summed E-state index contributed by atoms with van der Waals surface area (Å²) in [5, 5.41) is 0. The van der Waals surface area contributed by atoms with Crippen molar-refractivity contribution in [1.29, 1.82) is 0 Å². The molecule has 0 saturated heterocycles. The Labute approximate surface area is 78.4 Å². The van der Waals surface area contributed by atoms with E-state index in [9.17, 15) is 13.2 Å². The van der Waals surface area contributed by atoms with Crippen molar-refractivity contribution in [2.45, 2.75) is 31.2 Å². The fourth-order valence-electron chi connectivity index (χ4n) is 1.16. The largest absolute Gasteiger partial charge is 0.319 e. The van der Waals surface area contributed by atoms with Crippen LogP contribution in [0.4, 0.5) is 0 Å². The lowest BCUT2D eigenvalue weighted by atomic mass is 10.1. The van der Waals surface area contributed by atoms with Crippen LogP contribution in [-0.4, -0.2) is 31.7 Å². The number of hydrogen-bond acceptors (Lipinski definition) is 4. The molecule has 4 nitrogen and oxygen atoms in total. The van der Waals surface area contributed by atoms with E-state index in [0.717, 1.165) is 12.8 Å². The number of carbonyl (C=O) groups excluding carboxylic acids is 1. The van der Waals surface area contributed by atoms with E-state index in [1.165, 1.54) is 6.26 Å². The number of sulfone groups is 1. The van der Waals surface area contributed by atoms with E-state index in [4.69, 9.17) is 5.73 Å². The minimum Gasteiger partial charge on any atom is -0.319 e. The second-order valence-corrected chi connectivity index (χ2v) is 6.07. The predicted molar refractivity (Wildman–Crippen MR) is 50.1 cm³/mol. The van der Waals surface area contributed by atoms with Gasteiger partial charge in [0.1, 0.15) is 9.84 Å². The predicted octanol–water partition coefficient (Wildman–Crippen LogP) is -0.128. The highest BCUT2D eigenvalue weighted by molar-refractivity contribution is 7.90. The van der Waals surface area contributed by atoms with Crippen LogP contribution in [0.15, 0.2) is 0 Å². The van der Waals surface area contributed by atoms with Crippen molar-refractivity contribution < 1.29 is 13.2 Å². The zero-order valence-corrected chi connectivity index (χ0v) is 8.56. The summed E-state index contributed by atoms with van der Waals surface area (Å²) in [7, 11) is -2.94. The van der Waals surface area contributed by atoms with Gasteiger partial charge < -0.3 is 5.73 Å². The van der Waals surface area contributed by atoms with Crippen molar-refractivity contribution in [2.75, 3.05) is 12.0 Å². The Balaban J connectivity index is 2.24. The monoisotopic (exact) mass is 205 g/mol. The van der Waals surface area contributed by atoms with E-state index in [1.54, 1.807) is 0 Å². The van der Waals surface area contributed by atoms with Gasteiger partial charge >= 0.3 is 0 Å². The SMILES string of the molecule is CS(=O)(=O)CCCC(=O)C1(N)CC1. The Bertz CT molecular complexity index is 303. The maximum Gasteiger partial charge on any atom is 0.152 e. The van der Waals surface area contributed by atoms with E-state index >= 15 is 0 Å². The summed E-state index contributed by atoms with van der Waals surface area (Å²) in [5.74, 6) is 0.0885. The Hall–Kier alpha value is -0.420. The van der Waals surface area contributed by atoms with Gasteiger partial charge in [-0.25, -0.2) is 8.42 Å². The summed E-state index contributed by atoms with van der Waals surface area (Å²) >= 11 is 0. The molecule has 0 radical (unpaired) electrons. The molecule has 0 unspecified atom stereocenters. The third kappa shape index (κ3) is 3.44. The second kappa shape index (κ2) is 3.38. The van der Waals surface area contributed by atoms with E-state index in [2.05, 4.69) is 0 Å². The molecule has 1 fully saturated rings. The Morgan fingerprint density at radius 3 is 2.38 bits per heavy atom. The summed E-state index contributed by atoms with van der Waals surface area (Å²) in [6.07, 6.45) is 3.38. The molecule has 76 valence electrons. The van der Waals surface area contributed by atoms with Crippen LogP contribution in [0, 0.1) is 0 Å². The molecule has 0 aromatic heterocycles. The Morgan fingerprint density at radius 2 is 2.00 bits per heavy atom. The minimum atomic E-state index is -2.94. The van der Waals surface area contributed by atoms with Gasteiger partial charge in [-0.3, -0.25) is 4.79 Å². The van der Waals surface area contributed by atoms with Gasteiger partial charge in [0.05, 0.1) is 11.3 Å². The van der Waals surface area contributed by atoms with Crippen LogP contribution in [0.25, 0.3) is 0 Å². The number of carbonyl (C=O) groups is 1. The second-order valence-electron chi connectivity index (χ2n) is 3.81. The molecule has 1 saturated carbocycles. The van der Waals surface area contributed by atoms with Gasteiger partial charge in [-0.2, -0.15) is 0 Å². The molecular weight excluding hydrogens is 190 g/mol. The smallest absolute Gasteiger partial charge is 0.152 e. The van der Waals surface area contributed by atoms with Crippen LogP contribution >= 0.6 is 0 Å². The lowest BCUT2D eigenvalue weighted by Gasteiger charge is -2.05. The zero-order chi connectivity index (χ0) is 10.1. The molecule has 0 heterocycles. The molecular formula is C8H15NO3S. The molecule has 13 heavy (non-hydrogen) atoms. The summed E-state index contributed by atoms with van der Waals surface area (Å²) in [6.45, 7) is 0. The van der Waals surface area contributed by atoms with Gasteiger partial charge in [-0.05, 0) is 19.3 Å². The van der Waals surface area contributed by atoms with E-state index in [0.29, 0.717) is 12.8 Å². The van der Waals surface area contributed by atoms with E-state index < -0.39 is 15.4 Å². The van der Waals surface area contributed by atoms with Crippen molar-refractivity contribution >= 4 is 15.6 Å². The topological polar surface area (TPSA) is 77.2 Å². The van der Waals surface area contributed by atoms with Crippen molar-refractivity contribution in [3.8, 4) is 0 Å². The minimum absolute atomic E-state index is 0.0103. The Kier molecular flexibility index (Phi) is 2.77. The lowest BCUT2D eigenvalue weighted by Crippen LogP contribution is -2.32. The van der Waals surface area contributed by atoms with Crippen LogP contribution < -0.4 is 5.73 Å². The molecule has 5 heteroatoms. The summed E-state index contributed by atoms with van der Waals surface area (Å²) in [4.78, 5) is 11.3. The molecule has 0 aromatic rings. The molecule has 1 aliphatic carbocycles. The normalized spacial score (nSPS) is 19.8. The highest BCUT2D eigenvalue weighted by Gasteiger charge is 2.44. The van der Waals surface area contributed by atoms with Crippen LogP contribution in [0.1, 0.15) is 25.7 Å². The summed E-state index contributed by atoms with van der Waals surface area (Å²) in [6, 6.07) is 0. The van der Waals surface area contributed by atoms with Gasteiger partial charge in [0.2, 0.25) is 0 Å². The standard InChI is InChI=1S/C8H15NO3S/c1-13(11,12)6-2-3-7(10)8(9)4-5-8/h2-6,9H2,1H3. The maximum atomic E-state index is 11.3. The number of nitrogens with two attached hydrogens (primary N) is 1. The average Bonchev–Trinajstić information content (AvgIpc) is 2.66. The molecule has 2 N–H and O–H groups in total. The first-order valence-electron chi connectivity index (χ1n) is 4.33. The molecule has 0 aromatic carbocycles. The molecule has 0 bridgehead atoms. The zero-order valence-electron chi connectivity index (χ0n) is 7.75. The van der Waals surface area contributed by atoms with E-state index in [1.807, 2.05) is 0 Å². The van der Waals surface area contributed by atoms with Crippen molar-refractivity contribution in [3.05, 3.63) is 0 Å². The van der Waals surface area contributed by atoms with Gasteiger partial charge in [-0.15, -0.1) is 0 Å². The lowest BCUT2D eigenvalue weighted by molar-refractivity contribution is -0.121. The fourth-order valence-corrected chi connectivity index (χ4v) is 1.83. The van der Waals surface area contributed by atoms with Gasteiger partial charge in [0, 0.05) is 12.7 Å². The first kappa shape index (κ1) is 10.7. The first-order valence-corrected chi connectivity index (χ1v) is 6.39.